The van der Waals surface area contributed by atoms with Crippen molar-refractivity contribution in [2.24, 2.45) is 4.99 Å². The van der Waals surface area contributed by atoms with Crippen LogP contribution < -0.4 is 24.3 Å². The average molecular weight is 765 g/mol. The summed E-state index contributed by atoms with van der Waals surface area (Å²) in [7, 11) is 0.682. The Morgan fingerprint density at radius 1 is 0.800 bits per heavy atom. The quantitative estimate of drug-likeness (QED) is 0.101. The number of nitrogens with zero attached hydrogens (tertiary/aromatic N) is 1. The minimum absolute atomic E-state index is 0.0140. The molecule has 0 aliphatic carbocycles. The molecule has 0 radical (unpaired) electrons. The van der Waals surface area contributed by atoms with E-state index in [2.05, 4.69) is 5.32 Å². The van der Waals surface area contributed by atoms with Gasteiger partial charge in [0.1, 0.15) is 5.75 Å². The smallest absolute Gasteiger partial charge is 0.252 e. The molecule has 1 heterocycles. The van der Waals surface area contributed by atoms with Crippen LogP contribution in [0, 0.1) is 0 Å². The van der Waals surface area contributed by atoms with E-state index in [9.17, 15) is 13.2 Å². The number of hydrogen-bond donors (Lipinski definition) is 2. The van der Waals surface area contributed by atoms with Gasteiger partial charge in [-0.05, 0) is 70.8 Å². The van der Waals surface area contributed by atoms with Gasteiger partial charge < -0.3 is 34.1 Å². The number of nitrogens with one attached hydrogen (secondary N) is 1. The fraction of sp³-hybridized carbons (Fsp3) is 0.256. The van der Waals surface area contributed by atoms with Crippen molar-refractivity contribution in [2.75, 3.05) is 40.3 Å². The Morgan fingerprint density at radius 3 is 2.00 bits per heavy atom. The summed E-state index contributed by atoms with van der Waals surface area (Å²) in [6.07, 6.45) is -0.705. The fourth-order valence-electron chi connectivity index (χ4n) is 6.46. The predicted molar refractivity (Wildman–Crippen MR) is 210 cm³/mol. The molecule has 0 saturated carbocycles. The van der Waals surface area contributed by atoms with E-state index in [1.54, 1.807) is 54.6 Å². The molecule has 0 spiro atoms. The highest BCUT2D eigenvalue weighted by Crippen LogP contribution is 2.44. The van der Waals surface area contributed by atoms with E-state index >= 15 is 0 Å². The van der Waals surface area contributed by atoms with Crippen molar-refractivity contribution >= 4 is 21.6 Å². The minimum Gasteiger partial charge on any atom is -0.494 e. The van der Waals surface area contributed by atoms with Gasteiger partial charge in [-0.15, -0.1) is 0 Å². The number of rotatable bonds is 17. The zero-order chi connectivity index (χ0) is 38.8. The molecule has 0 unspecified atom stereocenters. The Hall–Kier alpha value is -5.85. The van der Waals surface area contributed by atoms with Gasteiger partial charge in [-0.25, -0.2) is 13.4 Å². The first-order chi connectivity index (χ1) is 26.7. The van der Waals surface area contributed by atoms with E-state index in [-0.39, 0.29) is 36.1 Å². The van der Waals surface area contributed by atoms with E-state index in [1.807, 2.05) is 54.6 Å². The molecule has 2 N–H and O–H groups in total. The highest BCUT2D eigenvalue weighted by Gasteiger charge is 2.53. The summed E-state index contributed by atoms with van der Waals surface area (Å²) in [6.45, 7) is 0.396. The number of aliphatic imine (C=N–C) groups is 1. The third-order valence-electron chi connectivity index (χ3n) is 9.38. The summed E-state index contributed by atoms with van der Waals surface area (Å²) in [5.41, 5.74) is 2.13. The Kier molecular flexibility index (Phi) is 12.4. The van der Waals surface area contributed by atoms with Crippen molar-refractivity contribution in [3.05, 3.63) is 138 Å². The predicted octanol–water partition coefficient (Wildman–Crippen LogP) is 6.58. The van der Waals surface area contributed by atoms with Crippen molar-refractivity contribution < 1.29 is 42.0 Å². The van der Waals surface area contributed by atoms with E-state index in [1.165, 1.54) is 33.5 Å². The second-order valence-electron chi connectivity index (χ2n) is 12.9. The molecular weight excluding hydrogens is 721 g/mol. The third-order valence-corrected chi connectivity index (χ3v) is 11.1. The van der Waals surface area contributed by atoms with Crippen molar-refractivity contribution in [2.45, 2.75) is 35.9 Å². The van der Waals surface area contributed by atoms with Crippen LogP contribution in [0.25, 0.3) is 11.1 Å². The van der Waals surface area contributed by atoms with Gasteiger partial charge >= 0.3 is 0 Å². The monoisotopic (exact) mass is 764 g/mol. The lowest BCUT2D eigenvalue weighted by Crippen LogP contribution is -2.49. The molecular formula is C43H44N2O9S. The van der Waals surface area contributed by atoms with Crippen molar-refractivity contribution in [1.29, 1.82) is 0 Å². The average Bonchev–Trinajstić information content (AvgIpc) is 3.63. The van der Waals surface area contributed by atoms with Crippen LogP contribution in [0.4, 0.5) is 0 Å². The van der Waals surface area contributed by atoms with Crippen LogP contribution in [0.2, 0.25) is 0 Å². The molecule has 0 saturated heterocycles. The SMILES string of the molecule is COc1cc(CNC(=O)[C@]2(CCS(=O)(=O)c3ccccc3)N=C(c3ccc(OCCCO)cc3)O[C@@H]2c2ccc(-c3ccccc3)cc2)cc(OC)c1OC. The molecule has 11 nitrogen and oxygen atoms in total. The van der Waals surface area contributed by atoms with E-state index in [0.717, 1.165) is 11.1 Å². The van der Waals surface area contributed by atoms with Crippen LogP contribution in [0.15, 0.2) is 131 Å². The van der Waals surface area contributed by atoms with E-state index < -0.39 is 27.4 Å². The molecule has 0 bridgehead atoms. The van der Waals surface area contributed by atoms with Gasteiger partial charge in [0, 0.05) is 31.6 Å². The number of sulfone groups is 1. The maximum Gasteiger partial charge on any atom is 0.252 e. The van der Waals surface area contributed by atoms with Gasteiger partial charge in [-0.3, -0.25) is 4.79 Å². The highest BCUT2D eigenvalue weighted by molar-refractivity contribution is 7.91. The summed E-state index contributed by atoms with van der Waals surface area (Å²) in [4.78, 5) is 20.0. The largest absolute Gasteiger partial charge is 0.494 e. The number of aliphatic hydroxyl groups excluding tert-OH is 1. The second kappa shape index (κ2) is 17.5. The number of methoxy groups -OCH3 is 3. The summed E-state index contributed by atoms with van der Waals surface area (Å²) < 4.78 is 56.5. The van der Waals surface area contributed by atoms with Crippen LogP contribution >= 0.6 is 0 Å². The lowest BCUT2D eigenvalue weighted by molar-refractivity contribution is -0.129. The highest BCUT2D eigenvalue weighted by atomic mass is 32.2. The molecule has 1 aliphatic rings. The van der Waals surface area contributed by atoms with Gasteiger partial charge in [-0.1, -0.05) is 72.8 Å². The van der Waals surface area contributed by atoms with Gasteiger partial charge in [-0.2, -0.15) is 0 Å². The zero-order valence-electron chi connectivity index (χ0n) is 30.9. The zero-order valence-corrected chi connectivity index (χ0v) is 31.8. The summed E-state index contributed by atoms with van der Waals surface area (Å²) in [5, 5.41) is 12.2. The molecule has 1 amide bonds. The second-order valence-corrected chi connectivity index (χ2v) is 15.0. The van der Waals surface area contributed by atoms with Gasteiger partial charge in [0.15, 0.2) is 33.0 Å². The topological polar surface area (TPSA) is 142 Å². The number of hydrogen-bond acceptors (Lipinski definition) is 10. The molecule has 5 aromatic carbocycles. The van der Waals surface area contributed by atoms with E-state index in [4.69, 9.17) is 33.8 Å². The lowest BCUT2D eigenvalue weighted by Gasteiger charge is -2.31. The first-order valence-corrected chi connectivity index (χ1v) is 19.5. The molecule has 0 aromatic heterocycles. The number of carbonyl (C=O) groups is 1. The lowest BCUT2D eigenvalue weighted by atomic mass is 9.84. The minimum atomic E-state index is -3.85. The van der Waals surface area contributed by atoms with Crippen molar-refractivity contribution in [1.82, 2.24) is 5.32 Å². The molecule has 1 aliphatic heterocycles. The molecule has 286 valence electrons. The molecule has 2 atom stereocenters. The first-order valence-electron chi connectivity index (χ1n) is 17.8. The molecule has 5 aromatic rings. The summed E-state index contributed by atoms with van der Waals surface area (Å²) >= 11 is 0. The third kappa shape index (κ3) is 8.77. The van der Waals surface area contributed by atoms with Crippen LogP contribution in [0.1, 0.15) is 35.6 Å². The number of amides is 1. The maximum atomic E-state index is 14.9. The molecule has 0 fully saturated rings. The Morgan fingerprint density at radius 2 is 1.40 bits per heavy atom. The fourth-order valence-corrected chi connectivity index (χ4v) is 7.85. The Bertz CT molecular complexity index is 2170. The van der Waals surface area contributed by atoms with Crippen LogP contribution in [-0.4, -0.2) is 71.2 Å². The molecule has 12 heteroatoms. The van der Waals surface area contributed by atoms with Crippen molar-refractivity contribution in [3.63, 3.8) is 0 Å². The first kappa shape index (κ1) is 38.9. The Balaban J connectivity index is 1.42. The van der Waals surface area contributed by atoms with Gasteiger partial charge in [0.25, 0.3) is 5.91 Å². The Labute approximate surface area is 321 Å². The number of benzene rings is 5. The van der Waals surface area contributed by atoms with E-state index in [0.29, 0.717) is 52.7 Å². The molecule has 55 heavy (non-hydrogen) atoms. The molecule has 6 rings (SSSR count). The number of carbonyl (C=O) groups excluding carboxylic acids is 1. The van der Waals surface area contributed by atoms with Crippen LogP contribution in [0.5, 0.6) is 23.0 Å². The van der Waals surface area contributed by atoms with Gasteiger partial charge in [0.05, 0.1) is 38.6 Å². The summed E-state index contributed by atoms with van der Waals surface area (Å²) in [5.74, 6) is 1.10. The number of aliphatic hydroxyl groups is 1. The van der Waals surface area contributed by atoms with Crippen molar-refractivity contribution in [3.8, 4) is 34.1 Å². The number of ether oxygens (including phenoxy) is 5. The normalized spacial score (nSPS) is 16.4. The van der Waals surface area contributed by atoms with Crippen LogP contribution in [0.3, 0.4) is 0 Å². The maximum absolute atomic E-state index is 14.9. The van der Waals surface area contributed by atoms with Crippen LogP contribution in [-0.2, 0) is 25.9 Å². The van der Waals surface area contributed by atoms with Gasteiger partial charge in [0.2, 0.25) is 11.6 Å². The standard InChI is InChI=1S/C43H44N2O9S/c1-50-37-27-30(28-38(51-2)39(37)52-3)29-44-42(47)43(23-26-55(48,49)36-13-8-5-9-14-36)40(33-17-15-32(16-18-33)31-11-6-4-7-12-31)54-41(45-43)34-19-21-35(22-20-34)53-25-10-24-46/h4-9,11-22,27-28,40,46H,10,23-26,29H2,1-3H3,(H,44,47)/t40-,43-/m1/s1. The summed E-state index contributed by atoms with van der Waals surface area (Å²) in [6, 6.07) is 36.2.